The minimum atomic E-state index is -1.94. The molecule has 0 aliphatic rings. The molecule has 1 amide bonds. The van der Waals surface area contributed by atoms with Crippen molar-refractivity contribution in [1.82, 2.24) is 10.3 Å². The van der Waals surface area contributed by atoms with Crippen LogP contribution in [0.5, 0.6) is 0 Å². The van der Waals surface area contributed by atoms with Crippen molar-refractivity contribution in [2.75, 3.05) is 13.2 Å². The summed E-state index contributed by atoms with van der Waals surface area (Å²) in [6.07, 6.45) is 1.54. The molecule has 9 heteroatoms. The van der Waals surface area contributed by atoms with Gasteiger partial charge >= 0.3 is 5.97 Å². The average molecular weight is 412 g/mol. The number of rotatable bonds is 14. The van der Waals surface area contributed by atoms with Crippen molar-refractivity contribution in [3.63, 3.8) is 0 Å². The van der Waals surface area contributed by atoms with E-state index in [1.165, 1.54) is 30.9 Å². The smallest absolute Gasteiger partial charge is 0.339 e. The van der Waals surface area contributed by atoms with Gasteiger partial charge in [-0.15, -0.1) is 0 Å². The molecule has 5 N–H and O–H groups in total. The van der Waals surface area contributed by atoms with Gasteiger partial charge < -0.3 is 30.5 Å². The first kappa shape index (κ1) is 25.0. The van der Waals surface area contributed by atoms with Gasteiger partial charge in [0.25, 0.3) is 5.91 Å². The van der Waals surface area contributed by atoms with Gasteiger partial charge in [0.2, 0.25) is 0 Å². The van der Waals surface area contributed by atoms with Crippen LogP contribution in [0.2, 0.25) is 0 Å². The average Bonchev–Trinajstić information content (AvgIpc) is 2.75. The Hall–Kier alpha value is -2.07. The molecule has 0 unspecified atom stereocenters. The third-order valence-electron chi connectivity index (χ3n) is 4.45. The topological polar surface area (TPSA) is 149 Å². The molecule has 9 nitrogen and oxygen atoms in total. The molecule has 0 bridgehead atoms. The summed E-state index contributed by atoms with van der Waals surface area (Å²) >= 11 is 0. The Bertz CT molecular complexity index is 600. The number of amides is 1. The molecule has 1 aromatic rings. The monoisotopic (exact) mass is 412 g/mol. The van der Waals surface area contributed by atoms with E-state index in [9.17, 15) is 30.0 Å². The predicted molar refractivity (Wildman–Crippen MR) is 105 cm³/mol. The molecule has 0 aromatic carbocycles. The summed E-state index contributed by atoms with van der Waals surface area (Å²) < 4.78 is 4.84. The lowest BCUT2D eigenvalue weighted by Crippen LogP contribution is -2.52. The van der Waals surface area contributed by atoms with Gasteiger partial charge in [0.05, 0.1) is 5.56 Å². The van der Waals surface area contributed by atoms with Crippen LogP contribution in [-0.2, 0) is 9.53 Å². The number of aromatic nitrogens is 1. The van der Waals surface area contributed by atoms with E-state index >= 15 is 0 Å². The molecule has 1 rings (SSSR count). The number of nitrogens with one attached hydrogen (secondary N) is 1. The normalized spacial score (nSPS) is 15.2. The summed E-state index contributed by atoms with van der Waals surface area (Å²) in [4.78, 5) is 27.4. The Morgan fingerprint density at radius 3 is 2.41 bits per heavy atom. The number of hydrogen-bond acceptors (Lipinski definition) is 8. The molecular formula is C20H32N2O7. The molecule has 1 heterocycles. The molecule has 4 atom stereocenters. The lowest BCUT2D eigenvalue weighted by atomic mass is 10.0. The molecule has 29 heavy (non-hydrogen) atoms. The predicted octanol–water partition coefficient (Wildman–Crippen LogP) is 0.159. The van der Waals surface area contributed by atoms with Gasteiger partial charge in [-0.3, -0.25) is 9.78 Å². The van der Waals surface area contributed by atoms with E-state index in [1.807, 2.05) is 0 Å². The molecule has 0 saturated heterocycles. The molecular weight excluding hydrogens is 380 g/mol. The Kier molecular flexibility index (Phi) is 12.1. The van der Waals surface area contributed by atoms with Gasteiger partial charge in [0.15, 0.2) is 6.10 Å². The van der Waals surface area contributed by atoms with E-state index in [1.54, 1.807) is 0 Å². The Balaban J connectivity index is 2.33. The zero-order chi connectivity index (χ0) is 21.6. The highest BCUT2D eigenvalue weighted by Gasteiger charge is 2.34. The zero-order valence-corrected chi connectivity index (χ0v) is 16.7. The van der Waals surface area contributed by atoms with Gasteiger partial charge in [0, 0.05) is 18.9 Å². The van der Waals surface area contributed by atoms with E-state index < -0.39 is 42.9 Å². The maximum Gasteiger partial charge on any atom is 0.339 e. The minimum Gasteiger partial charge on any atom is -0.459 e. The highest BCUT2D eigenvalue weighted by Crippen LogP contribution is 2.08. The summed E-state index contributed by atoms with van der Waals surface area (Å²) in [6, 6.07) is 3.00. The summed E-state index contributed by atoms with van der Waals surface area (Å²) in [5, 5.41) is 42.1. The number of nitrogens with zero attached hydrogens (tertiary/aromatic N) is 1. The fraction of sp³-hybridized carbons (Fsp3) is 0.650. The quantitative estimate of drug-likeness (QED) is 0.214. The highest BCUT2D eigenvalue weighted by molar-refractivity contribution is 5.88. The van der Waals surface area contributed by atoms with E-state index in [0.717, 1.165) is 32.1 Å². The molecule has 1 aromatic heterocycles. The molecule has 164 valence electrons. The van der Waals surface area contributed by atoms with Gasteiger partial charge in [-0.2, -0.15) is 0 Å². The van der Waals surface area contributed by atoms with Crippen molar-refractivity contribution in [3.8, 4) is 0 Å². The van der Waals surface area contributed by atoms with Gasteiger partial charge in [0.1, 0.15) is 24.9 Å². The molecule has 0 aliphatic carbocycles. The molecule has 0 aliphatic heterocycles. The van der Waals surface area contributed by atoms with Crippen LogP contribution in [0.15, 0.2) is 24.5 Å². The lowest BCUT2D eigenvalue weighted by molar-refractivity contribution is -0.149. The number of pyridine rings is 1. The number of carbonyl (C=O) groups is 2. The number of hydrogen-bond donors (Lipinski definition) is 5. The van der Waals surface area contributed by atoms with Crippen molar-refractivity contribution in [2.24, 2.45) is 0 Å². The summed E-state index contributed by atoms with van der Waals surface area (Å²) in [6.45, 7) is 1.84. The number of aliphatic hydroxyl groups excluding tert-OH is 4. The van der Waals surface area contributed by atoms with Crippen LogP contribution in [0.4, 0.5) is 0 Å². The van der Waals surface area contributed by atoms with Crippen LogP contribution in [0.3, 0.4) is 0 Å². The van der Waals surface area contributed by atoms with Crippen molar-refractivity contribution < 1.29 is 34.8 Å². The second-order valence-corrected chi connectivity index (χ2v) is 6.89. The van der Waals surface area contributed by atoms with Crippen LogP contribution >= 0.6 is 0 Å². The maximum atomic E-state index is 11.9. The maximum absolute atomic E-state index is 11.9. The van der Waals surface area contributed by atoms with Crippen LogP contribution in [0.1, 0.15) is 55.8 Å². The minimum absolute atomic E-state index is 0.156. The third-order valence-corrected chi connectivity index (χ3v) is 4.45. The molecule has 0 spiro atoms. The third kappa shape index (κ3) is 9.31. The van der Waals surface area contributed by atoms with E-state index in [0.29, 0.717) is 6.54 Å². The first-order valence-electron chi connectivity index (χ1n) is 9.95. The second kappa shape index (κ2) is 14.0. The van der Waals surface area contributed by atoms with E-state index in [4.69, 9.17) is 4.74 Å². The fourth-order valence-corrected chi connectivity index (χ4v) is 2.62. The Morgan fingerprint density at radius 1 is 1.07 bits per heavy atom. The number of esters is 1. The van der Waals surface area contributed by atoms with Crippen molar-refractivity contribution in [2.45, 2.75) is 69.9 Å². The molecule has 0 saturated carbocycles. The number of ether oxygens (including phenoxy) is 1. The van der Waals surface area contributed by atoms with Crippen LogP contribution in [0, 0.1) is 0 Å². The SMILES string of the molecule is CCCCCCCCNC(=O)[C@H](O)[C@@H](O)[C@H](O)[C@H](O)COC(=O)c1cccnc1. The fourth-order valence-electron chi connectivity index (χ4n) is 2.62. The highest BCUT2D eigenvalue weighted by atomic mass is 16.5. The second-order valence-electron chi connectivity index (χ2n) is 6.89. The first-order chi connectivity index (χ1) is 13.9. The molecule has 0 radical (unpaired) electrons. The molecule has 0 fully saturated rings. The largest absolute Gasteiger partial charge is 0.459 e. The Labute approximate surface area is 170 Å². The summed E-state index contributed by atoms with van der Waals surface area (Å²) in [5.41, 5.74) is 0.156. The zero-order valence-electron chi connectivity index (χ0n) is 16.7. The number of aliphatic hydroxyl groups is 4. The Morgan fingerprint density at radius 2 is 1.76 bits per heavy atom. The van der Waals surface area contributed by atoms with E-state index in [2.05, 4.69) is 17.2 Å². The number of carbonyl (C=O) groups excluding carboxylic acids is 2. The van der Waals surface area contributed by atoms with Crippen molar-refractivity contribution in [1.29, 1.82) is 0 Å². The standard InChI is InChI=1S/C20H32N2O7/c1-2-3-4-5-6-7-11-22-19(27)18(26)17(25)16(24)15(23)13-29-20(28)14-9-8-10-21-12-14/h8-10,12,15-18,23-26H,2-7,11,13H2,1H3,(H,22,27)/t15-,16-,17+,18-/m1/s1. The van der Waals surface area contributed by atoms with Crippen LogP contribution < -0.4 is 5.32 Å². The van der Waals surface area contributed by atoms with E-state index in [-0.39, 0.29) is 5.56 Å². The number of unbranched alkanes of at least 4 members (excludes halogenated alkanes) is 5. The van der Waals surface area contributed by atoms with Gasteiger partial charge in [-0.05, 0) is 18.6 Å². The van der Waals surface area contributed by atoms with Crippen molar-refractivity contribution >= 4 is 11.9 Å². The van der Waals surface area contributed by atoms with Gasteiger partial charge in [-0.25, -0.2) is 4.79 Å². The lowest BCUT2D eigenvalue weighted by Gasteiger charge is -2.25. The van der Waals surface area contributed by atoms with Crippen LogP contribution in [0.25, 0.3) is 0 Å². The first-order valence-corrected chi connectivity index (χ1v) is 9.95. The summed E-state index contributed by atoms with van der Waals surface area (Å²) in [5.74, 6) is -1.61. The van der Waals surface area contributed by atoms with Crippen LogP contribution in [-0.4, -0.2) is 74.9 Å². The summed E-state index contributed by atoms with van der Waals surface area (Å²) in [7, 11) is 0. The van der Waals surface area contributed by atoms with Gasteiger partial charge in [-0.1, -0.05) is 39.0 Å². The van der Waals surface area contributed by atoms with Crippen molar-refractivity contribution in [3.05, 3.63) is 30.1 Å².